The Morgan fingerprint density at radius 1 is 1.10 bits per heavy atom. The molecule has 0 aliphatic carbocycles. The van der Waals surface area contributed by atoms with Crippen LogP contribution >= 0.6 is 35.0 Å². The fraction of sp³-hybridized carbons (Fsp3) is 0.286. The second-order valence-corrected chi connectivity index (χ2v) is 8.48. The van der Waals surface area contributed by atoms with Gasteiger partial charge in [-0.05, 0) is 62.2 Å². The lowest BCUT2D eigenvalue weighted by Gasteiger charge is -2.10. The highest BCUT2D eigenvalue weighted by Gasteiger charge is 2.14. The molecule has 6 nitrogen and oxygen atoms in total. The number of anilines is 1. The van der Waals surface area contributed by atoms with Crippen LogP contribution in [0.25, 0.3) is 0 Å². The first-order valence-electron chi connectivity index (χ1n) is 9.36. The zero-order valence-electron chi connectivity index (χ0n) is 16.9. The number of aromatic nitrogens is 3. The van der Waals surface area contributed by atoms with Gasteiger partial charge in [0.1, 0.15) is 12.4 Å². The maximum Gasteiger partial charge on any atom is 0.234 e. The molecular weight excluding hydrogens is 443 g/mol. The molecule has 0 saturated carbocycles. The molecule has 0 saturated heterocycles. The Kier molecular flexibility index (Phi) is 7.64. The highest BCUT2D eigenvalue weighted by molar-refractivity contribution is 7.99. The van der Waals surface area contributed by atoms with Gasteiger partial charge in [-0.1, -0.05) is 41.0 Å². The number of nitrogens with one attached hydrogen (secondary N) is 1. The van der Waals surface area contributed by atoms with Crippen LogP contribution in [0.4, 0.5) is 5.69 Å². The van der Waals surface area contributed by atoms with Crippen molar-refractivity contribution in [2.45, 2.75) is 39.1 Å². The first-order valence-corrected chi connectivity index (χ1v) is 11.1. The van der Waals surface area contributed by atoms with E-state index < -0.39 is 0 Å². The molecular formula is C21H22Cl2N4O2S. The summed E-state index contributed by atoms with van der Waals surface area (Å²) in [5.41, 5.74) is 2.88. The molecule has 0 atom stereocenters. The number of nitrogens with zero attached hydrogens (tertiary/aromatic N) is 3. The van der Waals surface area contributed by atoms with E-state index in [1.54, 1.807) is 18.2 Å². The normalized spacial score (nSPS) is 10.8. The Bertz CT molecular complexity index is 1040. The van der Waals surface area contributed by atoms with Crippen LogP contribution in [0.15, 0.2) is 41.6 Å². The highest BCUT2D eigenvalue weighted by Crippen LogP contribution is 2.25. The van der Waals surface area contributed by atoms with Gasteiger partial charge in [-0.2, -0.15) is 0 Å². The van der Waals surface area contributed by atoms with Crippen molar-refractivity contribution in [3.05, 3.63) is 63.4 Å². The molecule has 3 rings (SSSR count). The van der Waals surface area contributed by atoms with E-state index in [1.165, 1.54) is 11.8 Å². The summed E-state index contributed by atoms with van der Waals surface area (Å²) in [6.45, 7) is 7.05. The van der Waals surface area contributed by atoms with Crippen LogP contribution in [-0.4, -0.2) is 26.4 Å². The fourth-order valence-corrected chi connectivity index (χ4v) is 4.03. The summed E-state index contributed by atoms with van der Waals surface area (Å²) in [7, 11) is 0. The van der Waals surface area contributed by atoms with Crippen LogP contribution in [0.1, 0.15) is 23.9 Å². The molecule has 30 heavy (non-hydrogen) atoms. The van der Waals surface area contributed by atoms with E-state index in [4.69, 9.17) is 27.9 Å². The Hall–Kier alpha value is -2.22. The highest BCUT2D eigenvalue weighted by atomic mass is 35.5. The van der Waals surface area contributed by atoms with Crippen LogP contribution in [-0.2, 0) is 17.9 Å². The lowest BCUT2D eigenvalue weighted by Crippen LogP contribution is -2.15. The molecule has 1 N–H and O–H groups in total. The SMILES string of the molecule is CCn1c(COc2cc(C)cc(C)c2)nnc1SCC(=O)Nc1ccc(Cl)c(Cl)c1. The molecule has 0 unspecified atom stereocenters. The maximum atomic E-state index is 12.3. The van der Waals surface area contributed by atoms with Crippen LogP contribution in [0.3, 0.4) is 0 Å². The number of carbonyl (C=O) groups excluding carboxylic acids is 1. The third kappa shape index (κ3) is 5.90. The van der Waals surface area contributed by atoms with E-state index in [1.807, 2.05) is 37.5 Å². The molecule has 3 aromatic rings. The molecule has 1 amide bonds. The number of amides is 1. The number of rotatable bonds is 8. The average Bonchev–Trinajstić information content (AvgIpc) is 3.09. The average molecular weight is 465 g/mol. The largest absolute Gasteiger partial charge is 0.486 e. The van der Waals surface area contributed by atoms with E-state index in [-0.39, 0.29) is 11.7 Å². The molecule has 2 aromatic carbocycles. The minimum absolute atomic E-state index is 0.169. The summed E-state index contributed by atoms with van der Waals surface area (Å²) in [6, 6.07) is 11.0. The van der Waals surface area contributed by atoms with E-state index in [9.17, 15) is 4.79 Å². The minimum Gasteiger partial charge on any atom is -0.486 e. The van der Waals surface area contributed by atoms with Gasteiger partial charge < -0.3 is 14.6 Å². The van der Waals surface area contributed by atoms with Crippen molar-refractivity contribution >= 4 is 46.6 Å². The molecule has 0 aliphatic rings. The van der Waals surface area contributed by atoms with Crippen LogP contribution in [0, 0.1) is 13.8 Å². The molecule has 0 bridgehead atoms. The van der Waals surface area contributed by atoms with Crippen LogP contribution in [0.2, 0.25) is 10.0 Å². The Labute approximate surface area is 189 Å². The van der Waals surface area contributed by atoms with Crippen molar-refractivity contribution in [1.82, 2.24) is 14.8 Å². The number of halogens is 2. The van der Waals surface area contributed by atoms with Gasteiger partial charge in [0.25, 0.3) is 0 Å². The van der Waals surface area contributed by atoms with Gasteiger partial charge in [0.05, 0.1) is 15.8 Å². The molecule has 0 fully saturated rings. The van der Waals surface area contributed by atoms with Gasteiger partial charge >= 0.3 is 0 Å². The zero-order chi connectivity index (χ0) is 21.7. The van der Waals surface area contributed by atoms with E-state index >= 15 is 0 Å². The fourth-order valence-electron chi connectivity index (χ4n) is 2.92. The van der Waals surface area contributed by atoms with Crippen molar-refractivity contribution in [1.29, 1.82) is 0 Å². The van der Waals surface area contributed by atoms with Gasteiger partial charge in [-0.15, -0.1) is 10.2 Å². The predicted octanol–water partition coefficient (Wildman–Crippen LogP) is 5.53. The predicted molar refractivity (Wildman–Crippen MR) is 122 cm³/mol. The molecule has 1 aromatic heterocycles. The molecule has 0 aliphatic heterocycles. The molecule has 1 heterocycles. The van der Waals surface area contributed by atoms with E-state index in [0.29, 0.717) is 39.9 Å². The van der Waals surface area contributed by atoms with Gasteiger partial charge in [0, 0.05) is 12.2 Å². The summed E-state index contributed by atoms with van der Waals surface area (Å²) in [4.78, 5) is 12.3. The number of carbonyl (C=O) groups is 1. The monoisotopic (exact) mass is 464 g/mol. The van der Waals surface area contributed by atoms with Crippen molar-refractivity contribution in [2.75, 3.05) is 11.1 Å². The standard InChI is InChI=1S/C21H22Cl2N4O2S/c1-4-27-19(11-29-16-8-13(2)7-14(3)9-16)25-26-21(27)30-12-20(28)24-15-5-6-17(22)18(23)10-15/h5-10H,4,11-12H2,1-3H3,(H,24,28). The van der Waals surface area contributed by atoms with E-state index in [2.05, 4.69) is 21.6 Å². The second-order valence-electron chi connectivity index (χ2n) is 6.72. The molecule has 0 radical (unpaired) electrons. The number of aryl methyl sites for hydroxylation is 2. The summed E-state index contributed by atoms with van der Waals surface area (Å²) in [5, 5.41) is 12.7. The molecule has 158 valence electrons. The quantitative estimate of drug-likeness (QED) is 0.443. The van der Waals surface area contributed by atoms with Gasteiger partial charge in [0.15, 0.2) is 11.0 Å². The Morgan fingerprint density at radius 3 is 2.50 bits per heavy atom. The third-order valence-corrected chi connectivity index (χ3v) is 5.91. The first kappa shape index (κ1) is 22.5. The van der Waals surface area contributed by atoms with Crippen molar-refractivity contribution in [2.24, 2.45) is 0 Å². The zero-order valence-corrected chi connectivity index (χ0v) is 19.2. The van der Waals surface area contributed by atoms with Crippen molar-refractivity contribution in [3.63, 3.8) is 0 Å². The number of hydrogen-bond donors (Lipinski definition) is 1. The Balaban J connectivity index is 1.59. The smallest absolute Gasteiger partial charge is 0.234 e. The van der Waals surface area contributed by atoms with Crippen molar-refractivity contribution in [3.8, 4) is 5.75 Å². The van der Waals surface area contributed by atoms with Gasteiger partial charge in [-0.25, -0.2) is 0 Å². The van der Waals surface area contributed by atoms with Gasteiger partial charge in [0.2, 0.25) is 5.91 Å². The summed E-state index contributed by atoms with van der Waals surface area (Å²) in [5.74, 6) is 1.53. The molecule has 0 spiro atoms. The third-order valence-electron chi connectivity index (χ3n) is 4.21. The second kappa shape index (κ2) is 10.2. The van der Waals surface area contributed by atoms with Crippen LogP contribution < -0.4 is 10.1 Å². The lowest BCUT2D eigenvalue weighted by molar-refractivity contribution is -0.113. The summed E-state index contributed by atoms with van der Waals surface area (Å²) in [6.07, 6.45) is 0. The number of hydrogen-bond acceptors (Lipinski definition) is 5. The Morgan fingerprint density at radius 2 is 1.83 bits per heavy atom. The summed E-state index contributed by atoms with van der Waals surface area (Å²) < 4.78 is 7.84. The molecule has 9 heteroatoms. The topological polar surface area (TPSA) is 69.0 Å². The van der Waals surface area contributed by atoms with Crippen molar-refractivity contribution < 1.29 is 9.53 Å². The minimum atomic E-state index is -0.169. The van der Waals surface area contributed by atoms with Gasteiger partial charge in [-0.3, -0.25) is 4.79 Å². The maximum absolute atomic E-state index is 12.3. The number of thioether (sulfide) groups is 1. The lowest BCUT2D eigenvalue weighted by atomic mass is 10.1. The van der Waals surface area contributed by atoms with E-state index in [0.717, 1.165) is 16.9 Å². The number of benzene rings is 2. The number of ether oxygens (including phenoxy) is 1. The summed E-state index contributed by atoms with van der Waals surface area (Å²) >= 11 is 13.2. The first-order chi connectivity index (χ1) is 14.4. The van der Waals surface area contributed by atoms with Crippen LogP contribution in [0.5, 0.6) is 5.75 Å².